The van der Waals surface area contributed by atoms with Gasteiger partial charge in [-0.2, -0.15) is 0 Å². The number of hydrogen-bond donors (Lipinski definition) is 7. The molecule has 0 bridgehead atoms. The normalized spacial score (nSPS) is 17.4. The molecule has 1 aliphatic carbocycles. The number of pyridine rings is 2. The molecule has 0 fully saturated rings. The summed E-state index contributed by atoms with van der Waals surface area (Å²) in [7, 11) is 0. The van der Waals surface area contributed by atoms with Gasteiger partial charge in [-0.3, -0.25) is 48.1 Å². The summed E-state index contributed by atoms with van der Waals surface area (Å²) in [4.78, 5) is 133. The molecule has 3 atom stereocenters. The fourth-order valence-corrected chi connectivity index (χ4v) is 9.76. The Balaban J connectivity index is 0.805. The van der Waals surface area contributed by atoms with Crippen molar-refractivity contribution in [2.45, 2.75) is 96.1 Å². The molecule has 2 aromatic carbocycles. The molecule has 0 spiro atoms. The Morgan fingerprint density at radius 3 is 2.32 bits per heavy atom. The maximum absolute atomic E-state index is 15.4. The second-order valence-corrected chi connectivity index (χ2v) is 18.6. The van der Waals surface area contributed by atoms with Gasteiger partial charge in [0.25, 0.3) is 17.4 Å². The van der Waals surface area contributed by atoms with Crippen molar-refractivity contribution in [1.82, 2.24) is 46.4 Å². The predicted octanol–water partition coefficient (Wildman–Crippen LogP) is 0.282. The summed E-state index contributed by atoms with van der Waals surface area (Å²) >= 11 is 0. The van der Waals surface area contributed by atoms with Crippen molar-refractivity contribution in [2.75, 3.05) is 39.5 Å². The van der Waals surface area contributed by atoms with E-state index in [1.165, 1.54) is 22.8 Å². The Labute approximate surface area is 428 Å². The van der Waals surface area contributed by atoms with Crippen LogP contribution in [0.4, 0.5) is 4.39 Å². The molecule has 5 heterocycles. The zero-order valence-electron chi connectivity index (χ0n) is 41.2. The standard InChI is InChI=1S/C52H56FN9O13/c1-3-52(73)33-19-38-48-31(24-62(38)50(71)32(33)25-75-51(52)72)47-35(14-13-30-28(2)34(53)20-36(60-48)46(30)47)58-43(67)26-74-27-57-41(65)22-56-49(70)37(18-29-10-6-4-7-11-29)59-42(66)23-55-40(64)21-54-39(63)12-8-5-9-17-61-44(68)15-16-45(61)69/h4,6-7,10-11,15-16,19-20,35,37,73H,3,5,8-9,12-14,17-18,21-27H2,1-2H3,(H,54,63)(H,55,64)(H,56,70)(H,57,65)(H,58,67)(H,59,66)/t35?,37-,52-/m0/s1. The third-order valence-corrected chi connectivity index (χ3v) is 13.8. The Bertz CT molecular complexity index is 3090. The molecule has 3 aliphatic heterocycles. The van der Waals surface area contributed by atoms with Crippen LogP contribution in [0.2, 0.25) is 0 Å². The van der Waals surface area contributed by atoms with Gasteiger partial charge in [0.2, 0.25) is 35.4 Å². The molecule has 0 saturated carbocycles. The summed E-state index contributed by atoms with van der Waals surface area (Å²) in [5.41, 5.74) is 1.84. The number of amides is 8. The average Bonchev–Trinajstić information content (AvgIpc) is 3.98. The monoisotopic (exact) mass is 1030 g/mol. The van der Waals surface area contributed by atoms with E-state index in [-0.39, 0.29) is 61.9 Å². The molecule has 75 heavy (non-hydrogen) atoms. The van der Waals surface area contributed by atoms with Crippen LogP contribution in [0.15, 0.2) is 59.4 Å². The third kappa shape index (κ3) is 11.6. The summed E-state index contributed by atoms with van der Waals surface area (Å²) < 4.78 is 27.5. The summed E-state index contributed by atoms with van der Waals surface area (Å²) in [6.07, 6.45) is 4.82. The van der Waals surface area contributed by atoms with Crippen LogP contribution in [0.1, 0.15) is 90.4 Å². The van der Waals surface area contributed by atoms with Gasteiger partial charge >= 0.3 is 5.97 Å². The summed E-state index contributed by atoms with van der Waals surface area (Å²) in [5, 5.41) is 27.4. The van der Waals surface area contributed by atoms with Gasteiger partial charge in [0.15, 0.2) is 5.60 Å². The smallest absolute Gasteiger partial charge is 0.343 e. The number of carbonyl (C=O) groups is 9. The molecule has 7 N–H and O–H groups in total. The fourth-order valence-electron chi connectivity index (χ4n) is 9.76. The molecule has 1 unspecified atom stereocenters. The molecule has 0 radical (unpaired) electrons. The van der Waals surface area contributed by atoms with E-state index >= 15 is 4.39 Å². The number of nitrogens with zero attached hydrogens (tertiary/aromatic N) is 3. The van der Waals surface area contributed by atoms with E-state index in [1.807, 2.05) is 0 Å². The van der Waals surface area contributed by atoms with Crippen LogP contribution in [-0.2, 0) is 84.2 Å². The van der Waals surface area contributed by atoms with E-state index < -0.39 is 103 Å². The first-order valence-electron chi connectivity index (χ1n) is 24.6. The lowest BCUT2D eigenvalue weighted by Crippen LogP contribution is -2.52. The molecular weight excluding hydrogens is 978 g/mol. The maximum Gasteiger partial charge on any atom is 0.343 e. The average molecular weight is 1030 g/mol. The quantitative estimate of drug-likeness (QED) is 0.0212. The van der Waals surface area contributed by atoms with Crippen LogP contribution >= 0.6 is 0 Å². The Kier molecular flexibility index (Phi) is 16.2. The molecular formula is C52H56FN9O13. The minimum Gasteiger partial charge on any atom is -0.458 e. The van der Waals surface area contributed by atoms with Gasteiger partial charge in [-0.1, -0.05) is 43.7 Å². The summed E-state index contributed by atoms with van der Waals surface area (Å²) in [6, 6.07) is 9.83. The van der Waals surface area contributed by atoms with Crippen molar-refractivity contribution in [3.63, 3.8) is 0 Å². The summed E-state index contributed by atoms with van der Waals surface area (Å²) in [6.45, 7) is 0.880. The van der Waals surface area contributed by atoms with E-state index in [1.54, 1.807) is 50.2 Å². The van der Waals surface area contributed by atoms with Gasteiger partial charge < -0.3 is 51.0 Å². The number of aromatic nitrogens is 2. The minimum atomic E-state index is -2.05. The van der Waals surface area contributed by atoms with Gasteiger partial charge in [0.1, 0.15) is 31.8 Å². The number of aryl methyl sites for hydroxylation is 1. The molecule has 2 aromatic heterocycles. The van der Waals surface area contributed by atoms with Crippen molar-refractivity contribution < 1.29 is 62.1 Å². The zero-order valence-corrected chi connectivity index (χ0v) is 41.2. The minimum absolute atomic E-state index is 0.0366. The number of aliphatic hydroxyl groups is 1. The second-order valence-electron chi connectivity index (χ2n) is 18.6. The third-order valence-electron chi connectivity index (χ3n) is 13.8. The SMILES string of the molecule is CC[C@@]1(O)C(=O)OCc2c1cc1n(c2=O)Cc2c-1nc1cc(F)c(C)c3c1c2C(NC(=O)COCNC(=O)CNC(=O)[C@H](Cc1ccccc1)NC(=O)CNC(=O)CNC(=O)CCCCCN1C(=O)C=CC1=O)CC3. The zero-order chi connectivity index (χ0) is 53.6. The van der Waals surface area contributed by atoms with Crippen LogP contribution in [0.5, 0.6) is 0 Å². The molecule has 8 amide bonds. The number of unbranched alkanes of at least 4 members (excludes halogenated alkanes) is 2. The first-order valence-corrected chi connectivity index (χ1v) is 24.6. The lowest BCUT2D eigenvalue weighted by atomic mass is 9.81. The molecule has 4 aliphatic rings. The van der Waals surface area contributed by atoms with Crippen LogP contribution in [0.3, 0.4) is 0 Å². The number of nitrogens with one attached hydrogen (secondary N) is 6. The van der Waals surface area contributed by atoms with Gasteiger partial charge in [-0.25, -0.2) is 14.2 Å². The number of ether oxygens (including phenoxy) is 2. The largest absolute Gasteiger partial charge is 0.458 e. The van der Waals surface area contributed by atoms with Crippen molar-refractivity contribution >= 4 is 64.1 Å². The lowest BCUT2D eigenvalue weighted by Gasteiger charge is -2.31. The van der Waals surface area contributed by atoms with Crippen LogP contribution in [0, 0.1) is 12.7 Å². The number of cyclic esters (lactones) is 1. The molecule has 0 saturated heterocycles. The van der Waals surface area contributed by atoms with E-state index in [9.17, 15) is 53.1 Å². The molecule has 394 valence electrons. The highest BCUT2D eigenvalue weighted by atomic mass is 19.1. The van der Waals surface area contributed by atoms with Crippen molar-refractivity contribution in [3.05, 3.63) is 110 Å². The number of halogens is 1. The van der Waals surface area contributed by atoms with Crippen molar-refractivity contribution in [3.8, 4) is 11.4 Å². The van der Waals surface area contributed by atoms with Crippen LogP contribution in [-0.4, -0.2) is 118 Å². The molecule has 8 rings (SSSR count). The van der Waals surface area contributed by atoms with Gasteiger partial charge in [0, 0.05) is 54.1 Å². The van der Waals surface area contributed by atoms with Crippen molar-refractivity contribution in [1.29, 1.82) is 0 Å². The number of imide groups is 1. The molecule has 4 aromatic rings. The number of hydrogen-bond acceptors (Lipinski definition) is 14. The second kappa shape index (κ2) is 22.9. The Morgan fingerprint density at radius 2 is 1.57 bits per heavy atom. The topological polar surface area (TPSA) is 303 Å². The highest BCUT2D eigenvalue weighted by Gasteiger charge is 2.46. The highest BCUT2D eigenvalue weighted by molar-refractivity contribution is 6.12. The Hall–Kier alpha value is -8.18. The van der Waals surface area contributed by atoms with E-state index in [0.29, 0.717) is 76.6 Å². The van der Waals surface area contributed by atoms with Gasteiger partial charge in [-0.05, 0) is 67.3 Å². The number of esters is 1. The van der Waals surface area contributed by atoms with Crippen LogP contribution < -0.4 is 37.5 Å². The number of carbonyl (C=O) groups excluding carboxylic acids is 9. The van der Waals surface area contributed by atoms with E-state index in [4.69, 9.17) is 14.5 Å². The number of benzene rings is 2. The van der Waals surface area contributed by atoms with Crippen LogP contribution in [0.25, 0.3) is 22.3 Å². The van der Waals surface area contributed by atoms with E-state index in [0.717, 1.165) is 10.5 Å². The lowest BCUT2D eigenvalue weighted by molar-refractivity contribution is -0.172. The highest BCUT2D eigenvalue weighted by Crippen LogP contribution is 2.46. The Morgan fingerprint density at radius 1 is 0.867 bits per heavy atom. The first kappa shape index (κ1) is 53.1. The predicted molar refractivity (Wildman–Crippen MR) is 263 cm³/mol. The number of rotatable bonds is 22. The van der Waals surface area contributed by atoms with Crippen molar-refractivity contribution in [2.24, 2.45) is 0 Å². The maximum atomic E-state index is 15.4. The molecule has 23 heteroatoms. The van der Waals surface area contributed by atoms with E-state index in [2.05, 4.69) is 31.9 Å². The molecule has 22 nitrogen and oxygen atoms in total. The van der Waals surface area contributed by atoms with Gasteiger partial charge in [-0.15, -0.1) is 0 Å². The fraction of sp³-hybridized carbons (Fsp3) is 0.404. The summed E-state index contributed by atoms with van der Waals surface area (Å²) in [5.74, 6) is -5.79. The first-order chi connectivity index (χ1) is 36.0. The number of fused-ring (bicyclic) bond motifs is 5. The van der Waals surface area contributed by atoms with Gasteiger partial charge in [0.05, 0.1) is 54.7 Å².